The largest absolute Gasteiger partial charge is 0.497 e. The lowest BCUT2D eigenvalue weighted by Crippen LogP contribution is -2.49. The van der Waals surface area contributed by atoms with Crippen molar-refractivity contribution in [1.29, 1.82) is 0 Å². The van der Waals surface area contributed by atoms with E-state index in [0.29, 0.717) is 26.2 Å². The number of hydrogen-bond donors (Lipinski definition) is 1. The number of amides is 1. The van der Waals surface area contributed by atoms with Crippen LogP contribution in [0.2, 0.25) is 0 Å². The van der Waals surface area contributed by atoms with Gasteiger partial charge in [-0.3, -0.25) is 4.79 Å². The standard InChI is InChI=1S/C27H38N2O3/c1-26(2,20-29(3)4)19-28-25(30)27(12-14-32-15-13-27)18-21-8-6-9-22(16-21)23-10-7-11-24(17-23)31-5/h6-11,16-17H,12-15,18-20H2,1-5H3,(H,28,30). The maximum Gasteiger partial charge on any atom is 0.226 e. The molecule has 1 aliphatic rings. The zero-order chi connectivity index (χ0) is 23.2. The SMILES string of the molecule is COc1cccc(-c2cccc(CC3(C(=O)NCC(C)(C)CN(C)C)CCOCC3)c2)c1. The summed E-state index contributed by atoms with van der Waals surface area (Å²) >= 11 is 0. The van der Waals surface area contributed by atoms with Crippen molar-refractivity contribution in [2.24, 2.45) is 10.8 Å². The highest BCUT2D eigenvalue weighted by Gasteiger charge is 2.40. The number of hydrogen-bond acceptors (Lipinski definition) is 4. The molecule has 3 rings (SSSR count). The first-order chi connectivity index (χ1) is 15.2. The topological polar surface area (TPSA) is 50.8 Å². The molecule has 1 N–H and O–H groups in total. The molecule has 0 aliphatic carbocycles. The van der Waals surface area contributed by atoms with Crippen LogP contribution in [0.25, 0.3) is 11.1 Å². The van der Waals surface area contributed by atoms with Crippen molar-refractivity contribution < 1.29 is 14.3 Å². The van der Waals surface area contributed by atoms with Gasteiger partial charge in [0.15, 0.2) is 0 Å². The van der Waals surface area contributed by atoms with Crippen LogP contribution in [-0.2, 0) is 16.0 Å². The first-order valence-corrected chi connectivity index (χ1v) is 11.5. The van der Waals surface area contributed by atoms with Crippen LogP contribution in [0.4, 0.5) is 0 Å². The third-order valence-electron chi connectivity index (χ3n) is 6.28. The first kappa shape index (κ1) is 24.3. The monoisotopic (exact) mass is 438 g/mol. The Hall–Kier alpha value is -2.37. The molecule has 0 spiro atoms. The molecule has 0 atom stereocenters. The van der Waals surface area contributed by atoms with Gasteiger partial charge in [0.05, 0.1) is 12.5 Å². The maximum atomic E-state index is 13.5. The molecule has 0 bridgehead atoms. The van der Waals surface area contributed by atoms with E-state index in [0.717, 1.165) is 36.3 Å². The van der Waals surface area contributed by atoms with Crippen LogP contribution in [0, 0.1) is 10.8 Å². The highest BCUT2D eigenvalue weighted by Crippen LogP contribution is 2.36. The summed E-state index contributed by atoms with van der Waals surface area (Å²) < 4.78 is 11.0. The van der Waals surface area contributed by atoms with Gasteiger partial charge < -0.3 is 19.7 Å². The fourth-order valence-corrected chi connectivity index (χ4v) is 4.72. The molecule has 0 aromatic heterocycles. The second-order valence-electron chi connectivity index (χ2n) is 10.1. The van der Waals surface area contributed by atoms with E-state index < -0.39 is 5.41 Å². The molecule has 5 heteroatoms. The second kappa shape index (κ2) is 10.5. The van der Waals surface area contributed by atoms with Gasteiger partial charge in [-0.1, -0.05) is 50.2 Å². The second-order valence-corrected chi connectivity index (χ2v) is 10.1. The fourth-order valence-electron chi connectivity index (χ4n) is 4.72. The molecular weight excluding hydrogens is 400 g/mol. The van der Waals surface area contributed by atoms with Crippen molar-refractivity contribution in [3.05, 3.63) is 54.1 Å². The molecule has 5 nitrogen and oxygen atoms in total. The number of nitrogens with one attached hydrogen (secondary N) is 1. The van der Waals surface area contributed by atoms with Gasteiger partial charge in [-0.15, -0.1) is 0 Å². The third-order valence-corrected chi connectivity index (χ3v) is 6.28. The van der Waals surface area contributed by atoms with Crippen molar-refractivity contribution in [3.8, 4) is 16.9 Å². The van der Waals surface area contributed by atoms with E-state index in [4.69, 9.17) is 9.47 Å². The fraction of sp³-hybridized carbons (Fsp3) is 0.519. The van der Waals surface area contributed by atoms with E-state index in [2.05, 4.69) is 68.5 Å². The molecule has 1 fully saturated rings. The third kappa shape index (κ3) is 6.33. The van der Waals surface area contributed by atoms with Crippen LogP contribution in [0.15, 0.2) is 48.5 Å². The van der Waals surface area contributed by atoms with E-state index in [9.17, 15) is 4.79 Å². The Morgan fingerprint density at radius 1 is 1.09 bits per heavy atom. The van der Waals surface area contributed by atoms with Crippen LogP contribution in [0.1, 0.15) is 32.3 Å². The minimum atomic E-state index is -0.431. The van der Waals surface area contributed by atoms with E-state index in [1.807, 2.05) is 18.2 Å². The average molecular weight is 439 g/mol. The smallest absolute Gasteiger partial charge is 0.226 e. The first-order valence-electron chi connectivity index (χ1n) is 11.5. The van der Waals surface area contributed by atoms with Crippen LogP contribution >= 0.6 is 0 Å². The molecule has 0 radical (unpaired) electrons. The van der Waals surface area contributed by atoms with Crippen molar-refractivity contribution in [3.63, 3.8) is 0 Å². The summed E-state index contributed by atoms with van der Waals surface area (Å²) in [5, 5.41) is 3.28. The Kier molecular flexibility index (Phi) is 7.96. The Bertz CT molecular complexity index is 901. The summed E-state index contributed by atoms with van der Waals surface area (Å²) in [6, 6.07) is 16.6. The van der Waals surface area contributed by atoms with Gasteiger partial charge in [0, 0.05) is 26.3 Å². The van der Waals surface area contributed by atoms with Gasteiger partial charge in [0.25, 0.3) is 0 Å². The van der Waals surface area contributed by atoms with Crippen LogP contribution in [0.3, 0.4) is 0 Å². The molecule has 32 heavy (non-hydrogen) atoms. The van der Waals surface area contributed by atoms with E-state index in [1.165, 1.54) is 5.56 Å². The zero-order valence-corrected chi connectivity index (χ0v) is 20.2. The molecular formula is C27H38N2O3. The zero-order valence-electron chi connectivity index (χ0n) is 20.2. The van der Waals surface area contributed by atoms with Crippen LogP contribution in [-0.4, -0.2) is 58.3 Å². The number of methoxy groups -OCH3 is 1. The lowest BCUT2D eigenvalue weighted by Gasteiger charge is -2.37. The number of carbonyl (C=O) groups is 1. The highest BCUT2D eigenvalue weighted by molar-refractivity contribution is 5.83. The van der Waals surface area contributed by atoms with Gasteiger partial charge in [0.1, 0.15) is 5.75 Å². The molecule has 174 valence electrons. The van der Waals surface area contributed by atoms with Crippen LogP contribution in [0.5, 0.6) is 5.75 Å². The van der Waals surface area contributed by atoms with Gasteiger partial charge >= 0.3 is 0 Å². The molecule has 0 saturated carbocycles. The van der Waals surface area contributed by atoms with Crippen LogP contribution < -0.4 is 10.1 Å². The van der Waals surface area contributed by atoms with Crippen molar-refractivity contribution in [1.82, 2.24) is 10.2 Å². The van der Waals surface area contributed by atoms with Gasteiger partial charge in [-0.05, 0) is 67.6 Å². The van der Waals surface area contributed by atoms with Gasteiger partial charge in [0.2, 0.25) is 5.91 Å². The predicted octanol–water partition coefficient (Wildman–Crippen LogP) is 4.41. The summed E-state index contributed by atoms with van der Waals surface area (Å²) in [4.78, 5) is 15.7. The molecule has 2 aromatic rings. The van der Waals surface area contributed by atoms with E-state index in [1.54, 1.807) is 7.11 Å². The van der Waals surface area contributed by atoms with E-state index in [-0.39, 0.29) is 11.3 Å². The number of carbonyl (C=O) groups excluding carboxylic acids is 1. The number of rotatable bonds is 9. The lowest BCUT2D eigenvalue weighted by atomic mass is 9.74. The molecule has 1 aliphatic heterocycles. The molecule has 1 heterocycles. The Labute approximate surface area is 193 Å². The summed E-state index contributed by atoms with van der Waals surface area (Å²) in [7, 11) is 5.82. The lowest BCUT2D eigenvalue weighted by molar-refractivity contribution is -0.137. The van der Waals surface area contributed by atoms with Crippen molar-refractivity contribution in [2.45, 2.75) is 33.1 Å². The maximum absolute atomic E-state index is 13.5. The molecule has 1 amide bonds. The molecule has 2 aromatic carbocycles. The highest BCUT2D eigenvalue weighted by atomic mass is 16.5. The van der Waals surface area contributed by atoms with Gasteiger partial charge in [-0.25, -0.2) is 0 Å². The molecule has 0 unspecified atom stereocenters. The average Bonchev–Trinajstić information content (AvgIpc) is 2.77. The summed E-state index contributed by atoms with van der Waals surface area (Å²) in [6.45, 7) is 7.24. The quantitative estimate of drug-likeness (QED) is 0.630. The minimum absolute atomic E-state index is 0.0117. The minimum Gasteiger partial charge on any atom is -0.497 e. The number of benzene rings is 2. The normalized spacial score (nSPS) is 16.1. The Balaban J connectivity index is 1.79. The Morgan fingerprint density at radius 2 is 1.75 bits per heavy atom. The summed E-state index contributed by atoms with van der Waals surface area (Å²) in [6.07, 6.45) is 2.21. The molecule has 1 saturated heterocycles. The van der Waals surface area contributed by atoms with Crippen molar-refractivity contribution in [2.75, 3.05) is 47.5 Å². The number of ether oxygens (including phenoxy) is 2. The summed E-state index contributed by atoms with van der Waals surface area (Å²) in [5.41, 5.74) is 3.00. The van der Waals surface area contributed by atoms with E-state index >= 15 is 0 Å². The predicted molar refractivity (Wildman–Crippen MR) is 130 cm³/mol. The van der Waals surface area contributed by atoms with Crippen molar-refractivity contribution >= 4 is 5.91 Å². The number of nitrogens with zero attached hydrogens (tertiary/aromatic N) is 1. The van der Waals surface area contributed by atoms with Gasteiger partial charge in [-0.2, -0.15) is 0 Å². The Morgan fingerprint density at radius 3 is 2.41 bits per heavy atom. The summed E-state index contributed by atoms with van der Waals surface area (Å²) in [5.74, 6) is 0.993.